The second-order valence-corrected chi connectivity index (χ2v) is 8.69. The van der Waals surface area contributed by atoms with E-state index in [1.807, 2.05) is 44.5 Å². The molecule has 0 aliphatic carbocycles. The van der Waals surface area contributed by atoms with Crippen LogP contribution in [0.15, 0.2) is 48.5 Å². The summed E-state index contributed by atoms with van der Waals surface area (Å²) in [5.41, 5.74) is 3.17. The molecule has 3 rings (SSSR count). The summed E-state index contributed by atoms with van der Waals surface area (Å²) < 4.78 is 40.8. The summed E-state index contributed by atoms with van der Waals surface area (Å²) in [6, 6.07) is 14.1. The number of benzene rings is 2. The normalized spacial score (nSPS) is 16.4. The van der Waals surface area contributed by atoms with Crippen LogP contribution in [0.3, 0.4) is 0 Å². The van der Waals surface area contributed by atoms with Crippen LogP contribution in [-0.2, 0) is 16.6 Å². The van der Waals surface area contributed by atoms with E-state index < -0.39 is 6.36 Å². The molecular weight excluding hydrogens is 441 g/mol. The average molecular weight is 481 g/mol. The maximum Gasteiger partial charge on any atom is 0.573 e. The first-order chi connectivity index (χ1) is 15.9. The molecule has 1 aliphatic rings. The van der Waals surface area contributed by atoms with Crippen LogP contribution < -0.4 is 4.74 Å². The molecule has 0 N–H and O–H groups in total. The smallest absolute Gasteiger partial charge is 0.406 e. The van der Waals surface area contributed by atoms with Gasteiger partial charge in [0.15, 0.2) is 0 Å². The second-order valence-electron chi connectivity index (χ2n) is 8.69. The van der Waals surface area contributed by atoms with Crippen molar-refractivity contribution in [2.75, 3.05) is 20.1 Å². The molecule has 7 heteroatoms. The molecule has 1 amide bonds. The summed E-state index contributed by atoms with van der Waals surface area (Å²) in [5.74, 6) is -0.209. The highest BCUT2D eigenvalue weighted by molar-refractivity contribution is 5.81. The first kappa shape index (κ1) is 29.5. The fourth-order valence-electron chi connectivity index (χ4n) is 3.71. The number of nitrogens with zero attached hydrogens (tertiary/aromatic N) is 2. The number of carbonyl (C=O) groups excluding carboxylic acids is 1. The number of likely N-dealkylation sites (N-methyl/N-ethyl adjacent to an activating group) is 1. The fraction of sp³-hybridized carbons (Fsp3) is 0.519. The Morgan fingerprint density at radius 1 is 0.912 bits per heavy atom. The van der Waals surface area contributed by atoms with E-state index in [1.165, 1.54) is 17.7 Å². The highest BCUT2D eigenvalue weighted by Crippen LogP contribution is 2.32. The summed E-state index contributed by atoms with van der Waals surface area (Å²) in [6.45, 7) is 15.3. The van der Waals surface area contributed by atoms with Crippen LogP contribution in [0.25, 0.3) is 0 Å². The van der Waals surface area contributed by atoms with E-state index in [1.54, 1.807) is 12.1 Å². The number of hydrogen-bond donors (Lipinski definition) is 0. The van der Waals surface area contributed by atoms with Gasteiger partial charge in [-0.25, -0.2) is 0 Å². The van der Waals surface area contributed by atoms with Crippen molar-refractivity contribution < 1.29 is 22.7 Å². The quantitative estimate of drug-likeness (QED) is 0.464. The monoisotopic (exact) mass is 480 g/mol. The van der Waals surface area contributed by atoms with Gasteiger partial charge in [0.1, 0.15) is 11.9 Å². The second kappa shape index (κ2) is 12.8. The minimum Gasteiger partial charge on any atom is -0.406 e. The first-order valence-electron chi connectivity index (χ1n) is 11.9. The molecule has 190 valence electrons. The first-order valence-corrected chi connectivity index (χ1v) is 11.9. The maximum absolute atomic E-state index is 12.6. The van der Waals surface area contributed by atoms with Crippen LogP contribution in [0.5, 0.6) is 5.75 Å². The van der Waals surface area contributed by atoms with Gasteiger partial charge in [-0.05, 0) is 47.7 Å². The molecule has 1 atom stereocenters. The lowest BCUT2D eigenvalue weighted by Crippen LogP contribution is -2.32. The third-order valence-corrected chi connectivity index (χ3v) is 5.29. The molecule has 2 aromatic rings. The Labute approximate surface area is 202 Å². The minimum absolute atomic E-state index is 0.0411. The van der Waals surface area contributed by atoms with Gasteiger partial charge in [0.2, 0.25) is 5.91 Å². The van der Waals surface area contributed by atoms with Crippen LogP contribution in [0.2, 0.25) is 0 Å². The predicted molar refractivity (Wildman–Crippen MR) is 132 cm³/mol. The number of alkyl halides is 3. The van der Waals surface area contributed by atoms with E-state index in [2.05, 4.69) is 49.8 Å². The molecule has 1 heterocycles. The Morgan fingerprint density at radius 2 is 1.44 bits per heavy atom. The van der Waals surface area contributed by atoms with E-state index >= 15 is 0 Å². The molecule has 0 unspecified atom stereocenters. The summed E-state index contributed by atoms with van der Waals surface area (Å²) in [7, 11) is 1.92. The van der Waals surface area contributed by atoms with Gasteiger partial charge in [-0.3, -0.25) is 9.69 Å². The summed E-state index contributed by atoms with van der Waals surface area (Å²) in [4.78, 5) is 16.4. The summed E-state index contributed by atoms with van der Waals surface area (Å²) in [5, 5.41) is 0. The van der Waals surface area contributed by atoms with Gasteiger partial charge in [0, 0.05) is 6.54 Å². The average Bonchev–Trinajstić information content (AvgIpc) is 3.07. The maximum atomic E-state index is 12.6. The van der Waals surface area contributed by atoms with Crippen molar-refractivity contribution in [2.24, 2.45) is 0 Å². The third-order valence-electron chi connectivity index (χ3n) is 5.29. The van der Waals surface area contributed by atoms with Gasteiger partial charge in [0.25, 0.3) is 0 Å². The van der Waals surface area contributed by atoms with Crippen molar-refractivity contribution in [3.63, 3.8) is 0 Å². The van der Waals surface area contributed by atoms with E-state index in [9.17, 15) is 18.0 Å². The van der Waals surface area contributed by atoms with Gasteiger partial charge in [-0.1, -0.05) is 84.9 Å². The third kappa shape index (κ3) is 8.35. The Kier molecular flexibility index (Phi) is 11.1. The topological polar surface area (TPSA) is 32.8 Å². The zero-order valence-corrected chi connectivity index (χ0v) is 21.7. The number of hydrogen-bond acceptors (Lipinski definition) is 3. The van der Waals surface area contributed by atoms with Gasteiger partial charge < -0.3 is 9.64 Å². The highest BCUT2D eigenvalue weighted by atomic mass is 19.4. The van der Waals surface area contributed by atoms with E-state index in [0.717, 1.165) is 11.1 Å². The van der Waals surface area contributed by atoms with Gasteiger partial charge >= 0.3 is 6.36 Å². The number of rotatable bonds is 5. The van der Waals surface area contributed by atoms with Crippen molar-refractivity contribution >= 4 is 5.91 Å². The Balaban J connectivity index is 0.00000137. The van der Waals surface area contributed by atoms with Crippen molar-refractivity contribution in [3.8, 4) is 5.75 Å². The minimum atomic E-state index is -4.70. The lowest BCUT2D eigenvalue weighted by molar-refractivity contribution is -0.274. The van der Waals surface area contributed by atoms with E-state index in [-0.39, 0.29) is 23.2 Å². The molecule has 2 aromatic carbocycles. The van der Waals surface area contributed by atoms with Crippen LogP contribution in [-0.4, -0.2) is 42.2 Å². The number of ether oxygens (including phenoxy) is 1. The lowest BCUT2D eigenvalue weighted by atomic mass is 9.86. The van der Waals surface area contributed by atoms with Gasteiger partial charge in [-0.2, -0.15) is 0 Å². The molecule has 1 saturated heterocycles. The molecule has 0 radical (unpaired) electrons. The fourth-order valence-corrected chi connectivity index (χ4v) is 3.71. The van der Waals surface area contributed by atoms with Crippen LogP contribution in [0, 0.1) is 0 Å². The molecule has 0 aromatic heterocycles. The van der Waals surface area contributed by atoms with E-state index in [0.29, 0.717) is 19.5 Å². The Hall–Kier alpha value is -2.54. The molecular formula is C27H39F3N2O2. The number of halogens is 3. The van der Waals surface area contributed by atoms with Crippen molar-refractivity contribution in [2.45, 2.75) is 72.8 Å². The van der Waals surface area contributed by atoms with E-state index in [4.69, 9.17) is 0 Å². The molecule has 34 heavy (non-hydrogen) atoms. The Bertz CT molecular complexity index is 873. The Morgan fingerprint density at radius 3 is 1.91 bits per heavy atom. The molecule has 0 saturated carbocycles. The summed E-state index contributed by atoms with van der Waals surface area (Å²) >= 11 is 0. The molecule has 1 fully saturated rings. The van der Waals surface area contributed by atoms with Crippen LogP contribution >= 0.6 is 0 Å². The van der Waals surface area contributed by atoms with Gasteiger partial charge in [-0.15, -0.1) is 13.2 Å². The van der Waals surface area contributed by atoms with Crippen LogP contribution in [0.4, 0.5) is 13.2 Å². The number of amides is 1. The molecule has 0 spiro atoms. The SMILES string of the molecule is CC.CC.CN1CC(=O)N(CCc2ccc(OC(F)(F)F)cc2)[C@@H]1c1ccc(C(C)(C)C)cc1. The largest absolute Gasteiger partial charge is 0.573 e. The van der Waals surface area contributed by atoms with Gasteiger partial charge in [0.05, 0.1) is 6.54 Å². The van der Waals surface area contributed by atoms with Crippen LogP contribution in [0.1, 0.15) is 71.3 Å². The zero-order valence-electron chi connectivity index (χ0n) is 21.7. The number of carbonyl (C=O) groups is 1. The molecule has 4 nitrogen and oxygen atoms in total. The highest BCUT2D eigenvalue weighted by Gasteiger charge is 2.36. The lowest BCUT2D eigenvalue weighted by Gasteiger charge is -2.29. The zero-order chi connectivity index (χ0) is 26.1. The van der Waals surface area contributed by atoms with Crippen molar-refractivity contribution in [1.82, 2.24) is 9.80 Å². The standard InChI is InChI=1S/C23H27F3N2O2.2C2H6/c1-22(2,3)18-9-7-17(8-10-18)21-27(4)15-20(29)28(21)14-13-16-5-11-19(12-6-16)30-23(24,25)26;2*1-2/h5-12,21H,13-15H2,1-4H3;2*1-2H3/t21-;;/m1../s1. The molecule has 1 aliphatic heterocycles. The van der Waals surface area contributed by atoms with Crippen molar-refractivity contribution in [1.29, 1.82) is 0 Å². The molecule has 0 bridgehead atoms. The predicted octanol–water partition coefficient (Wildman–Crippen LogP) is 6.95. The van der Waals surface area contributed by atoms with Crippen molar-refractivity contribution in [3.05, 3.63) is 65.2 Å². The summed E-state index contributed by atoms with van der Waals surface area (Å²) in [6.07, 6.45) is -4.31.